The number of amides is 1. The first kappa shape index (κ1) is 18.9. The van der Waals surface area contributed by atoms with E-state index in [4.69, 9.17) is 9.15 Å². The van der Waals surface area contributed by atoms with Gasteiger partial charge in [0.25, 0.3) is 5.91 Å². The minimum atomic E-state index is -0.316. The number of benzene rings is 2. The maximum atomic E-state index is 12.8. The van der Waals surface area contributed by atoms with Crippen LogP contribution in [0.2, 0.25) is 0 Å². The summed E-state index contributed by atoms with van der Waals surface area (Å²) in [7, 11) is 1.58. The van der Waals surface area contributed by atoms with Crippen molar-refractivity contribution in [3.05, 3.63) is 76.1 Å². The van der Waals surface area contributed by atoms with E-state index in [1.807, 2.05) is 0 Å². The van der Waals surface area contributed by atoms with Crippen molar-refractivity contribution in [1.82, 2.24) is 4.90 Å². The van der Waals surface area contributed by atoms with Gasteiger partial charge in [0.1, 0.15) is 11.3 Å². The Labute approximate surface area is 167 Å². The molecular formula is C23H21NO5. The van der Waals surface area contributed by atoms with Crippen LogP contribution in [0.3, 0.4) is 0 Å². The van der Waals surface area contributed by atoms with E-state index < -0.39 is 0 Å². The van der Waals surface area contributed by atoms with E-state index in [-0.39, 0.29) is 28.8 Å². The predicted octanol–water partition coefficient (Wildman–Crippen LogP) is 3.54. The average Bonchev–Trinajstić information content (AvgIpc) is 2.78. The summed E-state index contributed by atoms with van der Waals surface area (Å²) in [5.41, 5.74) is 0.809. The molecule has 2 aromatic carbocycles. The zero-order valence-electron chi connectivity index (χ0n) is 16.1. The van der Waals surface area contributed by atoms with E-state index in [2.05, 4.69) is 0 Å². The van der Waals surface area contributed by atoms with Crippen LogP contribution in [0, 0.1) is 5.92 Å². The van der Waals surface area contributed by atoms with E-state index >= 15 is 0 Å². The molecule has 0 spiro atoms. The molecule has 1 fully saturated rings. The van der Waals surface area contributed by atoms with Crippen molar-refractivity contribution in [1.29, 1.82) is 0 Å². The number of Topliss-reactive ketones (excluding diaryl/α,β-unsaturated/α-hetero) is 1. The molecule has 0 unspecified atom stereocenters. The summed E-state index contributed by atoms with van der Waals surface area (Å²) < 4.78 is 10.8. The maximum Gasteiger partial charge on any atom is 0.289 e. The summed E-state index contributed by atoms with van der Waals surface area (Å²) in [6.45, 7) is 0.893. The monoisotopic (exact) mass is 391 g/mol. The number of nitrogens with zero attached hydrogens (tertiary/aromatic N) is 1. The van der Waals surface area contributed by atoms with Gasteiger partial charge in [0.15, 0.2) is 17.0 Å². The standard InChI is InChI=1S/C23H21NO5/c1-28-17-8-6-15(7-9-17)22(26)16-10-12-24(13-11-16)23(27)21-14-19(25)18-4-2-3-5-20(18)29-21/h2-9,14,16H,10-13H2,1H3. The summed E-state index contributed by atoms with van der Waals surface area (Å²) >= 11 is 0. The molecule has 1 amide bonds. The topological polar surface area (TPSA) is 76.8 Å². The lowest BCUT2D eigenvalue weighted by Gasteiger charge is -2.31. The number of carbonyl (C=O) groups is 2. The van der Waals surface area contributed by atoms with Crippen LogP contribution in [0.25, 0.3) is 11.0 Å². The largest absolute Gasteiger partial charge is 0.497 e. The molecule has 0 atom stereocenters. The van der Waals surface area contributed by atoms with Crippen molar-refractivity contribution >= 4 is 22.7 Å². The molecular weight excluding hydrogens is 370 g/mol. The average molecular weight is 391 g/mol. The van der Waals surface area contributed by atoms with Gasteiger partial charge in [-0.05, 0) is 49.2 Å². The Balaban J connectivity index is 1.44. The van der Waals surface area contributed by atoms with Crippen LogP contribution < -0.4 is 10.2 Å². The molecule has 4 rings (SSSR count). The van der Waals surface area contributed by atoms with Crippen molar-refractivity contribution in [2.45, 2.75) is 12.8 Å². The highest BCUT2D eigenvalue weighted by molar-refractivity contribution is 5.98. The van der Waals surface area contributed by atoms with Crippen LogP contribution in [0.15, 0.2) is 63.8 Å². The van der Waals surface area contributed by atoms with Gasteiger partial charge in [0.05, 0.1) is 12.5 Å². The number of ether oxygens (including phenoxy) is 1. The van der Waals surface area contributed by atoms with Crippen LogP contribution >= 0.6 is 0 Å². The lowest BCUT2D eigenvalue weighted by Crippen LogP contribution is -2.40. The minimum Gasteiger partial charge on any atom is -0.497 e. The minimum absolute atomic E-state index is 0.0358. The Morgan fingerprint density at radius 1 is 1.03 bits per heavy atom. The van der Waals surface area contributed by atoms with Crippen LogP contribution in [-0.2, 0) is 0 Å². The van der Waals surface area contributed by atoms with Crippen molar-refractivity contribution in [2.75, 3.05) is 20.2 Å². The van der Waals surface area contributed by atoms with Crippen molar-refractivity contribution in [3.8, 4) is 5.75 Å². The van der Waals surface area contributed by atoms with Crippen molar-refractivity contribution in [2.24, 2.45) is 5.92 Å². The molecule has 0 saturated carbocycles. The first-order chi connectivity index (χ1) is 14.1. The number of carbonyl (C=O) groups excluding carboxylic acids is 2. The summed E-state index contributed by atoms with van der Waals surface area (Å²) in [6, 6.07) is 15.2. The molecule has 1 saturated heterocycles. The Morgan fingerprint density at radius 3 is 2.41 bits per heavy atom. The van der Waals surface area contributed by atoms with Gasteiger partial charge in [0.2, 0.25) is 0 Å². The number of piperidine rings is 1. The number of ketones is 1. The number of hydrogen-bond donors (Lipinski definition) is 0. The molecule has 148 valence electrons. The van der Waals surface area contributed by atoms with Gasteiger partial charge in [-0.1, -0.05) is 12.1 Å². The molecule has 0 radical (unpaired) electrons. The smallest absolute Gasteiger partial charge is 0.289 e. The normalized spacial score (nSPS) is 14.7. The van der Waals surface area contributed by atoms with Gasteiger partial charge in [-0.2, -0.15) is 0 Å². The fraction of sp³-hybridized carbons (Fsp3) is 0.261. The first-order valence-corrected chi connectivity index (χ1v) is 9.57. The third kappa shape index (κ3) is 3.78. The third-order valence-corrected chi connectivity index (χ3v) is 5.37. The molecule has 1 aromatic heterocycles. The van der Waals surface area contributed by atoms with Crippen molar-refractivity contribution in [3.63, 3.8) is 0 Å². The van der Waals surface area contributed by atoms with Crippen LogP contribution in [-0.4, -0.2) is 36.8 Å². The molecule has 0 bridgehead atoms. The third-order valence-electron chi connectivity index (χ3n) is 5.37. The van der Waals surface area contributed by atoms with Gasteiger partial charge >= 0.3 is 0 Å². The van der Waals surface area contributed by atoms with Gasteiger partial charge < -0.3 is 14.1 Å². The molecule has 6 heteroatoms. The summed E-state index contributed by atoms with van der Waals surface area (Å²) in [4.78, 5) is 39.4. The summed E-state index contributed by atoms with van der Waals surface area (Å²) in [5, 5.41) is 0.452. The van der Waals surface area contributed by atoms with Gasteiger partial charge in [-0.3, -0.25) is 14.4 Å². The second-order valence-corrected chi connectivity index (χ2v) is 7.13. The SMILES string of the molecule is COc1ccc(C(=O)C2CCN(C(=O)c3cc(=O)c4ccccc4o3)CC2)cc1. The zero-order valence-corrected chi connectivity index (χ0v) is 16.1. The molecule has 0 aliphatic carbocycles. The van der Waals surface area contributed by atoms with Crippen LogP contribution in [0.5, 0.6) is 5.75 Å². The van der Waals surface area contributed by atoms with E-state index in [0.29, 0.717) is 48.2 Å². The number of likely N-dealkylation sites (tertiary alicyclic amines) is 1. The summed E-state index contributed by atoms with van der Waals surface area (Å²) in [6.07, 6.45) is 1.16. The second-order valence-electron chi connectivity index (χ2n) is 7.13. The predicted molar refractivity (Wildman–Crippen MR) is 108 cm³/mol. The number of rotatable bonds is 4. The van der Waals surface area contributed by atoms with Gasteiger partial charge in [-0.25, -0.2) is 0 Å². The number of para-hydroxylation sites is 1. The second kappa shape index (κ2) is 7.91. The highest BCUT2D eigenvalue weighted by Crippen LogP contribution is 2.24. The number of methoxy groups -OCH3 is 1. The summed E-state index contributed by atoms with van der Waals surface area (Å²) in [5.74, 6) is 0.378. The van der Waals surface area contributed by atoms with E-state index in [0.717, 1.165) is 0 Å². The number of hydrogen-bond acceptors (Lipinski definition) is 5. The quantitative estimate of drug-likeness (QED) is 0.636. The fourth-order valence-electron chi connectivity index (χ4n) is 3.70. The molecule has 3 aromatic rings. The first-order valence-electron chi connectivity index (χ1n) is 9.57. The molecule has 1 aliphatic heterocycles. The maximum absolute atomic E-state index is 12.8. The Hall–Kier alpha value is -3.41. The van der Waals surface area contributed by atoms with Gasteiger partial charge in [0, 0.05) is 30.6 Å². The lowest BCUT2D eigenvalue weighted by molar-refractivity contribution is 0.0625. The molecule has 1 aliphatic rings. The van der Waals surface area contributed by atoms with E-state index in [9.17, 15) is 14.4 Å². The zero-order chi connectivity index (χ0) is 20.4. The van der Waals surface area contributed by atoms with E-state index in [1.54, 1.807) is 60.5 Å². The van der Waals surface area contributed by atoms with Crippen molar-refractivity contribution < 1.29 is 18.7 Å². The van der Waals surface area contributed by atoms with Crippen LogP contribution in [0.1, 0.15) is 33.8 Å². The molecule has 0 N–H and O–H groups in total. The fourth-order valence-corrected chi connectivity index (χ4v) is 3.70. The number of fused-ring (bicyclic) bond motifs is 1. The highest BCUT2D eigenvalue weighted by Gasteiger charge is 2.29. The molecule has 6 nitrogen and oxygen atoms in total. The highest BCUT2D eigenvalue weighted by atomic mass is 16.5. The Morgan fingerprint density at radius 2 is 1.72 bits per heavy atom. The Kier molecular flexibility index (Phi) is 5.16. The van der Waals surface area contributed by atoms with Gasteiger partial charge in [-0.15, -0.1) is 0 Å². The van der Waals surface area contributed by atoms with Crippen LogP contribution in [0.4, 0.5) is 0 Å². The Bertz CT molecular complexity index is 1110. The van der Waals surface area contributed by atoms with E-state index in [1.165, 1.54) is 6.07 Å². The molecule has 29 heavy (non-hydrogen) atoms. The molecule has 2 heterocycles. The lowest BCUT2D eigenvalue weighted by atomic mass is 9.89.